The van der Waals surface area contributed by atoms with Gasteiger partial charge in [0.05, 0.1) is 6.20 Å². The van der Waals surface area contributed by atoms with Crippen LogP contribution in [0.25, 0.3) is 11.3 Å². The highest BCUT2D eigenvalue weighted by atomic mass is 32.2. The lowest BCUT2D eigenvalue weighted by atomic mass is 10.0. The lowest BCUT2D eigenvalue weighted by Gasteiger charge is -2.24. The first kappa shape index (κ1) is 38.9. The molecule has 2 aromatic heterocycles. The van der Waals surface area contributed by atoms with E-state index in [0.29, 0.717) is 30.6 Å². The van der Waals surface area contributed by atoms with Crippen LogP contribution in [0, 0.1) is 5.92 Å². The van der Waals surface area contributed by atoms with E-state index in [2.05, 4.69) is 30.9 Å². The van der Waals surface area contributed by atoms with Crippen molar-refractivity contribution in [1.82, 2.24) is 35.6 Å². The van der Waals surface area contributed by atoms with Gasteiger partial charge in [-0.05, 0) is 25.2 Å². The number of carboxylic acids is 1. The van der Waals surface area contributed by atoms with Crippen LogP contribution in [0.4, 0.5) is 13.2 Å². The fourth-order valence-electron chi connectivity index (χ4n) is 3.65. The highest BCUT2D eigenvalue weighted by molar-refractivity contribution is 7.90. The number of sulfone groups is 1. The third-order valence-corrected chi connectivity index (χ3v) is 6.97. The predicted molar refractivity (Wildman–Crippen MR) is 154 cm³/mol. The normalized spacial score (nSPS) is 12.9. The Morgan fingerprint density at radius 3 is 2.13 bits per heavy atom. The van der Waals surface area contributed by atoms with Gasteiger partial charge >= 0.3 is 12.1 Å². The van der Waals surface area contributed by atoms with E-state index in [9.17, 15) is 36.0 Å². The summed E-state index contributed by atoms with van der Waals surface area (Å²) in [4.78, 5) is 53.5. The van der Waals surface area contributed by atoms with E-state index in [-0.39, 0.29) is 23.4 Å². The number of halogens is 3. The van der Waals surface area contributed by atoms with Crippen LogP contribution in [-0.2, 0) is 35.6 Å². The largest absolute Gasteiger partial charge is 0.490 e. The number of carboxylic acid groups (broad SMARTS) is 1. The Morgan fingerprint density at radius 2 is 1.64 bits per heavy atom. The third kappa shape index (κ3) is 14.4. The Morgan fingerprint density at radius 1 is 1.04 bits per heavy atom. The van der Waals surface area contributed by atoms with Gasteiger partial charge in [0.25, 0.3) is 0 Å². The second kappa shape index (κ2) is 18.0. The molecule has 0 spiro atoms. The number of aryl methyl sites for hydroxylation is 1. The van der Waals surface area contributed by atoms with Crippen molar-refractivity contribution in [3.8, 4) is 11.3 Å². The number of nitrogens with one attached hydrogen (secondary N) is 2. The van der Waals surface area contributed by atoms with E-state index in [1.165, 1.54) is 12.4 Å². The minimum atomic E-state index is -5.08. The average Bonchev–Trinajstić information content (AvgIpc) is 3.41. The van der Waals surface area contributed by atoms with Crippen molar-refractivity contribution in [2.75, 3.05) is 6.26 Å². The molecule has 2 aromatic rings. The van der Waals surface area contributed by atoms with Gasteiger partial charge in [0.1, 0.15) is 17.8 Å². The van der Waals surface area contributed by atoms with Gasteiger partial charge in [-0.15, -0.1) is 5.10 Å². The number of nitrogens with two attached hydrogens (primary N) is 1. The molecule has 0 aliphatic carbocycles. The number of rotatable bonds is 16. The van der Waals surface area contributed by atoms with E-state index in [0.717, 1.165) is 31.9 Å². The van der Waals surface area contributed by atoms with E-state index >= 15 is 0 Å². The number of carbonyl (C=O) groups is 4. The number of hydrogen-bond donors (Lipinski definition) is 4. The number of alkyl halides is 3. The van der Waals surface area contributed by atoms with Gasteiger partial charge in [0.15, 0.2) is 0 Å². The molecule has 0 aliphatic rings. The van der Waals surface area contributed by atoms with Crippen molar-refractivity contribution in [2.45, 2.75) is 95.7 Å². The van der Waals surface area contributed by atoms with Crippen molar-refractivity contribution in [3.63, 3.8) is 0 Å². The van der Waals surface area contributed by atoms with E-state index in [4.69, 9.17) is 15.6 Å². The van der Waals surface area contributed by atoms with Crippen LogP contribution in [0.15, 0.2) is 23.7 Å². The van der Waals surface area contributed by atoms with Crippen LogP contribution in [0.2, 0.25) is 0 Å². The van der Waals surface area contributed by atoms with E-state index in [1.807, 2.05) is 20.8 Å². The molecular formula is C26H39F3N8O7S. The van der Waals surface area contributed by atoms with Gasteiger partial charge < -0.3 is 21.5 Å². The molecule has 5 N–H and O–H groups in total. The number of unbranched alkanes of at least 4 members (excludes halogenated alkanes) is 3. The molecule has 1 unspecified atom stereocenters. The van der Waals surface area contributed by atoms with Crippen LogP contribution in [0.1, 0.15) is 65.7 Å². The monoisotopic (exact) mass is 664 g/mol. The lowest BCUT2D eigenvalue weighted by Crippen LogP contribution is -2.54. The highest BCUT2D eigenvalue weighted by Gasteiger charge is 2.38. The number of amides is 3. The Labute approximate surface area is 258 Å². The first-order valence-electron chi connectivity index (χ1n) is 14.0. The van der Waals surface area contributed by atoms with Crippen LogP contribution in [-0.4, -0.2) is 86.7 Å². The average molecular weight is 665 g/mol. The zero-order chi connectivity index (χ0) is 34.4. The van der Waals surface area contributed by atoms with Gasteiger partial charge in [-0.3, -0.25) is 19.1 Å². The molecule has 2 heterocycles. The minimum Gasteiger partial charge on any atom is -0.475 e. The zero-order valence-corrected chi connectivity index (χ0v) is 26.2. The van der Waals surface area contributed by atoms with Crippen LogP contribution >= 0.6 is 0 Å². The van der Waals surface area contributed by atoms with Crippen LogP contribution in [0.5, 0.6) is 0 Å². The molecular weight excluding hydrogens is 625 g/mol. The van der Waals surface area contributed by atoms with Crippen molar-refractivity contribution in [1.29, 1.82) is 0 Å². The molecule has 15 nitrogen and oxygen atoms in total. The number of carbonyl (C=O) groups excluding carboxylic acids is 3. The maximum Gasteiger partial charge on any atom is 0.490 e. The van der Waals surface area contributed by atoms with Crippen LogP contribution < -0.4 is 16.4 Å². The number of nitrogens with zero attached hydrogens (tertiary/aromatic N) is 5. The Kier molecular flexibility index (Phi) is 15.5. The standard InChI is InChI=1S/C24H38N8O5S.C2HF3O2/c1-5-6-10-18(22(25)34)28-23(35)21(16(2)3)29-20(33)11-8-7-9-12-32-15-19(30-31-32)17-13-26-24(27-14-17)38(4,36)37;3-2(4,5)1(6)7/h13-16,18,21H,5-12H2,1-4H3,(H2,25,34)(H,28,35)(H,29,33);(H,6,7)/t18?,21-;/m0./s1. The second-order valence-corrected chi connectivity index (χ2v) is 12.3. The number of aliphatic carboxylic acids is 1. The molecule has 19 heteroatoms. The molecule has 0 aliphatic heterocycles. The van der Waals surface area contributed by atoms with Crippen molar-refractivity contribution < 1.29 is 45.9 Å². The van der Waals surface area contributed by atoms with Gasteiger partial charge in [-0.1, -0.05) is 45.2 Å². The van der Waals surface area contributed by atoms with Crippen molar-refractivity contribution in [2.24, 2.45) is 11.7 Å². The van der Waals surface area contributed by atoms with E-state index < -0.39 is 45.9 Å². The molecule has 2 atom stereocenters. The van der Waals surface area contributed by atoms with Crippen molar-refractivity contribution in [3.05, 3.63) is 18.6 Å². The quantitative estimate of drug-likeness (QED) is 0.149. The van der Waals surface area contributed by atoms with Crippen molar-refractivity contribution >= 4 is 33.5 Å². The molecule has 0 saturated heterocycles. The van der Waals surface area contributed by atoms with Gasteiger partial charge in [0, 0.05) is 37.2 Å². The SMILES string of the molecule is CCCCC(NC(=O)[C@@H](NC(=O)CCCCCn1cc(-c2cnc(S(C)(=O)=O)nc2)nn1)C(C)C)C(N)=O.O=C(O)C(F)(F)F. The molecule has 0 saturated carbocycles. The summed E-state index contributed by atoms with van der Waals surface area (Å²) >= 11 is 0. The summed E-state index contributed by atoms with van der Waals surface area (Å²) in [6.45, 7) is 6.22. The fraction of sp³-hybridized carbons (Fsp3) is 0.615. The first-order valence-corrected chi connectivity index (χ1v) is 15.9. The first-order chi connectivity index (χ1) is 20.9. The second-order valence-electron chi connectivity index (χ2n) is 10.4. The Bertz CT molecular complexity index is 1380. The van der Waals surface area contributed by atoms with Gasteiger partial charge in [-0.2, -0.15) is 13.2 Å². The molecule has 0 aromatic carbocycles. The summed E-state index contributed by atoms with van der Waals surface area (Å²) in [7, 11) is -3.48. The smallest absolute Gasteiger partial charge is 0.475 e. The molecule has 3 amide bonds. The summed E-state index contributed by atoms with van der Waals surface area (Å²) in [6, 6.07) is -1.51. The maximum atomic E-state index is 12.7. The number of primary amides is 1. The summed E-state index contributed by atoms with van der Waals surface area (Å²) in [5.41, 5.74) is 6.49. The topological polar surface area (TPSA) is 229 Å². The number of aromatic nitrogens is 5. The Hall–Kier alpha value is -4.16. The number of hydrogen-bond acceptors (Lipinski definition) is 10. The molecule has 45 heavy (non-hydrogen) atoms. The molecule has 0 bridgehead atoms. The van der Waals surface area contributed by atoms with Gasteiger partial charge in [-0.25, -0.2) is 23.2 Å². The fourth-order valence-corrected chi connectivity index (χ4v) is 4.14. The predicted octanol–water partition coefficient (Wildman–Crippen LogP) is 1.63. The van der Waals surface area contributed by atoms with E-state index in [1.54, 1.807) is 10.9 Å². The Balaban J connectivity index is 0.00000129. The summed E-state index contributed by atoms with van der Waals surface area (Å²) in [6.07, 6.45) is 4.95. The molecule has 252 valence electrons. The van der Waals surface area contributed by atoms with Crippen LogP contribution in [0.3, 0.4) is 0 Å². The van der Waals surface area contributed by atoms with Gasteiger partial charge in [0.2, 0.25) is 32.7 Å². The highest BCUT2D eigenvalue weighted by Crippen LogP contribution is 2.15. The maximum absolute atomic E-state index is 12.7. The lowest BCUT2D eigenvalue weighted by molar-refractivity contribution is -0.192. The molecule has 2 rings (SSSR count). The summed E-state index contributed by atoms with van der Waals surface area (Å²) < 4.78 is 56.4. The summed E-state index contributed by atoms with van der Waals surface area (Å²) in [5.74, 6) is -4.14. The molecule has 0 fully saturated rings. The zero-order valence-electron chi connectivity index (χ0n) is 25.4. The molecule has 0 radical (unpaired) electrons. The summed E-state index contributed by atoms with van der Waals surface area (Å²) in [5, 5.41) is 20.5. The third-order valence-electron chi connectivity index (χ3n) is 6.10. The minimum absolute atomic E-state index is 0.159.